The van der Waals surface area contributed by atoms with Gasteiger partial charge in [0.15, 0.2) is 5.84 Å². The molecule has 114 valence electrons. The van der Waals surface area contributed by atoms with Crippen LogP contribution in [-0.4, -0.2) is 65.5 Å². The summed E-state index contributed by atoms with van der Waals surface area (Å²) in [5.41, 5.74) is 6.30. The van der Waals surface area contributed by atoms with Crippen LogP contribution >= 0.6 is 0 Å². The summed E-state index contributed by atoms with van der Waals surface area (Å²) in [5, 5.41) is 11.5. The molecule has 1 aromatic rings. The molecule has 7 heteroatoms. The molecule has 1 atom stereocenters. The van der Waals surface area contributed by atoms with Crippen LogP contribution in [0.5, 0.6) is 0 Å². The van der Waals surface area contributed by atoms with E-state index in [0.29, 0.717) is 17.2 Å². The number of carbonyl (C=O) groups is 1. The Balaban J connectivity index is 1.98. The summed E-state index contributed by atoms with van der Waals surface area (Å²) >= 11 is 0. The highest BCUT2D eigenvalue weighted by molar-refractivity contribution is 5.98. The van der Waals surface area contributed by atoms with Gasteiger partial charge in [-0.3, -0.25) is 9.78 Å². The zero-order chi connectivity index (χ0) is 15.4. The summed E-state index contributed by atoms with van der Waals surface area (Å²) in [4.78, 5) is 20.4. The van der Waals surface area contributed by atoms with Crippen LogP contribution in [-0.2, 0) is 0 Å². The van der Waals surface area contributed by atoms with Gasteiger partial charge in [0.25, 0.3) is 5.91 Å². The van der Waals surface area contributed by atoms with E-state index >= 15 is 0 Å². The molecule has 2 rings (SSSR count). The third kappa shape index (κ3) is 3.69. The molecule has 1 aliphatic rings. The Morgan fingerprint density at radius 3 is 2.90 bits per heavy atom. The van der Waals surface area contributed by atoms with E-state index in [1.165, 1.54) is 6.20 Å². The molecular formula is C14H21N5O2. The smallest absolute Gasteiger partial charge is 0.272 e. The summed E-state index contributed by atoms with van der Waals surface area (Å²) in [5.74, 6) is 0.375. The summed E-state index contributed by atoms with van der Waals surface area (Å²) in [6.45, 7) is 2.83. The van der Waals surface area contributed by atoms with Crippen molar-refractivity contribution in [1.29, 1.82) is 0 Å². The lowest BCUT2D eigenvalue weighted by Gasteiger charge is -2.20. The van der Waals surface area contributed by atoms with Gasteiger partial charge in [-0.25, -0.2) is 0 Å². The van der Waals surface area contributed by atoms with Crippen molar-refractivity contribution in [2.24, 2.45) is 16.8 Å². The highest BCUT2D eigenvalue weighted by atomic mass is 16.4. The number of nitrogens with two attached hydrogens (primary N) is 1. The predicted octanol–water partition coefficient (Wildman–Crippen LogP) is 0.200. The van der Waals surface area contributed by atoms with Crippen LogP contribution in [0.25, 0.3) is 0 Å². The molecule has 0 spiro atoms. The van der Waals surface area contributed by atoms with Gasteiger partial charge in [0.05, 0.1) is 0 Å². The number of carbonyl (C=O) groups excluding carboxylic acids is 1. The number of nitrogens with zero attached hydrogens (tertiary/aromatic N) is 4. The highest BCUT2D eigenvalue weighted by Crippen LogP contribution is 2.16. The summed E-state index contributed by atoms with van der Waals surface area (Å²) < 4.78 is 0. The van der Waals surface area contributed by atoms with Crippen LogP contribution in [0.1, 0.15) is 22.5 Å². The zero-order valence-corrected chi connectivity index (χ0v) is 12.4. The van der Waals surface area contributed by atoms with Gasteiger partial charge in [0.1, 0.15) is 5.69 Å². The number of pyridine rings is 1. The first-order valence-electron chi connectivity index (χ1n) is 6.89. The van der Waals surface area contributed by atoms with Crippen LogP contribution in [0, 0.1) is 5.92 Å². The third-order valence-electron chi connectivity index (χ3n) is 3.75. The van der Waals surface area contributed by atoms with Gasteiger partial charge >= 0.3 is 0 Å². The highest BCUT2D eigenvalue weighted by Gasteiger charge is 2.23. The molecule has 3 N–H and O–H groups in total. The Kier molecular flexibility index (Phi) is 4.74. The number of amides is 1. The molecule has 1 fully saturated rings. The molecule has 0 saturated carbocycles. The van der Waals surface area contributed by atoms with Crippen molar-refractivity contribution in [3.8, 4) is 0 Å². The molecule has 1 saturated heterocycles. The lowest BCUT2D eigenvalue weighted by atomic mass is 10.1. The molecule has 7 nitrogen and oxygen atoms in total. The molecule has 0 radical (unpaired) electrons. The van der Waals surface area contributed by atoms with E-state index in [0.717, 1.165) is 26.1 Å². The predicted molar refractivity (Wildman–Crippen MR) is 79.3 cm³/mol. The van der Waals surface area contributed by atoms with Crippen molar-refractivity contribution in [3.05, 3.63) is 29.6 Å². The second kappa shape index (κ2) is 6.53. The minimum atomic E-state index is -0.115. The number of amidine groups is 1. The fraction of sp³-hybridized carbons (Fsp3) is 0.500. The monoisotopic (exact) mass is 291 g/mol. The lowest BCUT2D eigenvalue weighted by Crippen LogP contribution is -2.33. The van der Waals surface area contributed by atoms with Crippen molar-refractivity contribution in [2.45, 2.75) is 6.42 Å². The minimum Gasteiger partial charge on any atom is -0.409 e. The largest absolute Gasteiger partial charge is 0.409 e. The summed E-state index contributed by atoms with van der Waals surface area (Å²) in [7, 11) is 3.88. The zero-order valence-electron chi connectivity index (χ0n) is 12.4. The van der Waals surface area contributed by atoms with Crippen LogP contribution in [0.3, 0.4) is 0 Å². The normalized spacial score (nSPS) is 19.7. The number of hydrogen-bond donors (Lipinski definition) is 2. The van der Waals surface area contributed by atoms with Crippen molar-refractivity contribution < 1.29 is 10.0 Å². The first kappa shape index (κ1) is 15.2. The molecule has 0 aliphatic carbocycles. The van der Waals surface area contributed by atoms with E-state index in [4.69, 9.17) is 10.9 Å². The molecule has 1 amide bonds. The number of likely N-dealkylation sites (tertiary alicyclic amines) is 1. The fourth-order valence-corrected chi connectivity index (χ4v) is 2.57. The van der Waals surface area contributed by atoms with E-state index in [1.54, 1.807) is 24.1 Å². The second-order valence-electron chi connectivity index (χ2n) is 5.52. The number of hydrogen-bond acceptors (Lipinski definition) is 5. The van der Waals surface area contributed by atoms with E-state index in [1.807, 2.05) is 0 Å². The van der Waals surface area contributed by atoms with Crippen LogP contribution in [0.15, 0.2) is 23.5 Å². The number of rotatable bonds is 4. The molecule has 1 aromatic heterocycles. The van der Waals surface area contributed by atoms with Crippen LogP contribution in [0.4, 0.5) is 0 Å². The fourth-order valence-electron chi connectivity index (χ4n) is 2.57. The lowest BCUT2D eigenvalue weighted by molar-refractivity contribution is 0.0768. The molecule has 0 bridgehead atoms. The molecular weight excluding hydrogens is 270 g/mol. The van der Waals surface area contributed by atoms with Gasteiger partial charge in [-0.05, 0) is 38.1 Å². The van der Waals surface area contributed by atoms with E-state index in [9.17, 15) is 4.79 Å². The summed E-state index contributed by atoms with van der Waals surface area (Å²) in [6.07, 6.45) is 2.55. The van der Waals surface area contributed by atoms with Gasteiger partial charge in [-0.1, -0.05) is 5.16 Å². The van der Waals surface area contributed by atoms with E-state index in [2.05, 4.69) is 22.1 Å². The van der Waals surface area contributed by atoms with Crippen molar-refractivity contribution >= 4 is 11.7 Å². The van der Waals surface area contributed by atoms with Crippen LogP contribution in [0.2, 0.25) is 0 Å². The Labute approximate surface area is 124 Å². The molecule has 1 unspecified atom stereocenters. The Morgan fingerprint density at radius 1 is 1.62 bits per heavy atom. The van der Waals surface area contributed by atoms with Crippen LogP contribution < -0.4 is 5.73 Å². The molecule has 1 aliphatic heterocycles. The van der Waals surface area contributed by atoms with Gasteiger partial charge in [-0.2, -0.15) is 0 Å². The average molecular weight is 291 g/mol. The molecule has 2 heterocycles. The SMILES string of the molecule is CN1CCC(CN(C)C(=O)c2ccc(C(N)=NO)cn2)C1. The Hall–Kier alpha value is -2.15. The van der Waals surface area contributed by atoms with Gasteiger partial charge in [-0.15, -0.1) is 0 Å². The summed E-state index contributed by atoms with van der Waals surface area (Å²) in [6, 6.07) is 3.21. The van der Waals surface area contributed by atoms with Gasteiger partial charge < -0.3 is 20.7 Å². The first-order chi connectivity index (χ1) is 10.0. The maximum atomic E-state index is 12.3. The molecule has 0 aromatic carbocycles. The maximum Gasteiger partial charge on any atom is 0.272 e. The number of oxime groups is 1. The molecule has 21 heavy (non-hydrogen) atoms. The van der Waals surface area contributed by atoms with E-state index in [-0.39, 0.29) is 11.7 Å². The van der Waals surface area contributed by atoms with Crippen molar-refractivity contribution in [1.82, 2.24) is 14.8 Å². The quantitative estimate of drug-likeness (QED) is 0.358. The van der Waals surface area contributed by atoms with Crippen molar-refractivity contribution in [2.75, 3.05) is 33.7 Å². The number of aromatic nitrogens is 1. The maximum absolute atomic E-state index is 12.3. The Morgan fingerprint density at radius 2 is 2.38 bits per heavy atom. The first-order valence-corrected chi connectivity index (χ1v) is 6.89. The second-order valence-corrected chi connectivity index (χ2v) is 5.52. The average Bonchev–Trinajstić information content (AvgIpc) is 2.90. The topological polar surface area (TPSA) is 95.0 Å². The van der Waals surface area contributed by atoms with Crippen molar-refractivity contribution in [3.63, 3.8) is 0 Å². The standard InChI is InChI=1S/C14H21N5O2/c1-18-6-5-10(8-18)9-19(2)14(20)12-4-3-11(7-16-12)13(15)17-21/h3-4,7,10,21H,5-6,8-9H2,1-2H3,(H2,15,17). The third-order valence-corrected chi connectivity index (χ3v) is 3.75. The van der Waals surface area contributed by atoms with Gasteiger partial charge in [0, 0.05) is 31.9 Å². The minimum absolute atomic E-state index is 0.0242. The van der Waals surface area contributed by atoms with Gasteiger partial charge in [0.2, 0.25) is 0 Å². The van der Waals surface area contributed by atoms with E-state index < -0.39 is 0 Å². The Bertz CT molecular complexity index is 529.